The number of hydrogen-bond donors (Lipinski definition) is 2. The zero-order valence-electron chi connectivity index (χ0n) is 22.8. The zero-order chi connectivity index (χ0) is 26.0. The van der Waals surface area contributed by atoms with Crippen molar-refractivity contribution in [2.24, 2.45) is 11.8 Å². The number of fused-ring (bicyclic) bond motifs is 1. The zero-order valence-corrected chi connectivity index (χ0v) is 22.8. The van der Waals surface area contributed by atoms with Gasteiger partial charge in [-0.3, -0.25) is 9.69 Å². The Morgan fingerprint density at radius 3 is 2.69 bits per heavy atom. The highest BCUT2D eigenvalue weighted by atomic mass is 16.5. The highest BCUT2D eigenvalue weighted by molar-refractivity contribution is 5.82. The third-order valence-electron chi connectivity index (χ3n) is 8.74. The van der Waals surface area contributed by atoms with Gasteiger partial charge in [-0.25, -0.2) is 0 Å². The Morgan fingerprint density at radius 2 is 2.00 bits per heavy atom. The molecule has 0 bridgehead atoms. The molecular weight excluding hydrogens is 450 g/mol. The second kappa shape index (κ2) is 10.8. The third kappa shape index (κ3) is 5.55. The molecule has 4 rings (SSSR count). The van der Waals surface area contributed by atoms with Crippen LogP contribution in [0.2, 0.25) is 0 Å². The van der Waals surface area contributed by atoms with Gasteiger partial charge in [0, 0.05) is 25.7 Å². The molecule has 0 aliphatic carbocycles. The number of carbonyl (C=O) groups is 1. The summed E-state index contributed by atoms with van der Waals surface area (Å²) in [7, 11) is 3.72. The summed E-state index contributed by atoms with van der Waals surface area (Å²) in [5.41, 5.74) is 3.70. The molecule has 2 N–H and O–H groups in total. The van der Waals surface area contributed by atoms with Gasteiger partial charge in [0.05, 0.1) is 13.2 Å². The van der Waals surface area contributed by atoms with E-state index in [1.54, 1.807) is 13.2 Å². The Morgan fingerprint density at radius 1 is 1.22 bits per heavy atom. The lowest BCUT2D eigenvalue weighted by Gasteiger charge is -2.46. The minimum Gasteiger partial charge on any atom is -0.508 e. The van der Waals surface area contributed by atoms with E-state index in [1.807, 2.05) is 25.2 Å². The lowest BCUT2D eigenvalue weighted by molar-refractivity contribution is -0.127. The van der Waals surface area contributed by atoms with Crippen molar-refractivity contribution < 1.29 is 14.6 Å². The first-order valence-electron chi connectivity index (χ1n) is 13.3. The van der Waals surface area contributed by atoms with Crippen LogP contribution in [-0.2, 0) is 23.2 Å². The Bertz CT molecular complexity index is 1070. The van der Waals surface area contributed by atoms with Gasteiger partial charge in [0.25, 0.3) is 0 Å². The van der Waals surface area contributed by atoms with Crippen molar-refractivity contribution in [3.05, 3.63) is 59.2 Å². The predicted octanol–water partition coefficient (Wildman–Crippen LogP) is 4.20. The first-order valence-corrected chi connectivity index (χ1v) is 13.3. The van der Waals surface area contributed by atoms with E-state index in [2.05, 4.69) is 61.0 Å². The normalized spacial score (nSPS) is 25.9. The van der Waals surface area contributed by atoms with Crippen molar-refractivity contribution in [3.63, 3.8) is 0 Å². The average Bonchev–Trinajstić information content (AvgIpc) is 2.85. The molecule has 4 atom stereocenters. The number of aromatic hydroxyl groups is 1. The molecule has 6 heteroatoms. The van der Waals surface area contributed by atoms with E-state index in [4.69, 9.17) is 4.74 Å². The van der Waals surface area contributed by atoms with Crippen LogP contribution in [-0.4, -0.2) is 66.7 Å². The van der Waals surface area contributed by atoms with Crippen molar-refractivity contribution in [3.8, 4) is 11.5 Å². The number of likely N-dealkylation sites (N-methyl/N-ethyl adjacent to an activating group) is 1. The van der Waals surface area contributed by atoms with E-state index in [0.29, 0.717) is 24.8 Å². The number of phenolic OH excluding ortho intramolecular Hbond substituents is 1. The molecule has 0 spiro atoms. The van der Waals surface area contributed by atoms with E-state index >= 15 is 0 Å². The number of amides is 1. The summed E-state index contributed by atoms with van der Waals surface area (Å²) in [6.07, 6.45) is 1.75. The second-order valence-corrected chi connectivity index (χ2v) is 11.5. The summed E-state index contributed by atoms with van der Waals surface area (Å²) < 4.78 is 5.48. The van der Waals surface area contributed by atoms with Gasteiger partial charge in [0.2, 0.25) is 5.91 Å². The molecule has 2 heterocycles. The summed E-state index contributed by atoms with van der Waals surface area (Å²) in [6, 6.07) is 13.9. The van der Waals surface area contributed by atoms with Crippen molar-refractivity contribution in [2.75, 3.05) is 33.8 Å². The number of methoxy groups -OCH3 is 1. The fourth-order valence-corrected chi connectivity index (χ4v) is 5.86. The number of nitrogens with zero attached hydrogens (tertiary/aromatic N) is 2. The quantitative estimate of drug-likeness (QED) is 0.605. The van der Waals surface area contributed by atoms with Crippen molar-refractivity contribution in [1.29, 1.82) is 0 Å². The summed E-state index contributed by atoms with van der Waals surface area (Å²) in [5.74, 6) is 2.12. The first kappa shape index (κ1) is 26.5. The Kier molecular flexibility index (Phi) is 7.96. The highest BCUT2D eigenvalue weighted by Gasteiger charge is 2.39. The first-order chi connectivity index (χ1) is 17.1. The molecule has 2 aromatic rings. The number of hydrogen-bond acceptors (Lipinski definition) is 5. The van der Waals surface area contributed by atoms with Gasteiger partial charge in [-0.2, -0.15) is 0 Å². The predicted molar refractivity (Wildman–Crippen MR) is 144 cm³/mol. The van der Waals surface area contributed by atoms with E-state index < -0.39 is 0 Å². The number of nitrogens with one attached hydrogen (secondary N) is 1. The van der Waals surface area contributed by atoms with E-state index in [0.717, 1.165) is 42.9 Å². The Hall–Kier alpha value is -2.57. The molecular formula is C30H43N3O3. The van der Waals surface area contributed by atoms with Gasteiger partial charge in [-0.15, -0.1) is 0 Å². The molecule has 2 aliphatic heterocycles. The van der Waals surface area contributed by atoms with Gasteiger partial charge in [-0.1, -0.05) is 45.9 Å². The molecule has 1 saturated heterocycles. The number of piperidine rings is 1. The maximum absolute atomic E-state index is 13.4. The van der Waals surface area contributed by atoms with Gasteiger partial charge >= 0.3 is 0 Å². The number of ether oxygens (including phenoxy) is 1. The standard InChI is InChI=1S/C30H43N3O3/c1-20(2)27(31-29(35)28-15-22-10-11-25(34)14-23(22)18-32(28)5)19-33-13-12-30(4,21(3)17-33)24-8-7-9-26(16-24)36-6/h7-11,14,16,20-21,27-28,34H,12-13,15,17-19H2,1-6H3,(H,31,35)/t21-,27+,28+,30-/m0/s1. The molecule has 2 aliphatic rings. The van der Waals surface area contributed by atoms with Gasteiger partial charge in [0.1, 0.15) is 11.5 Å². The lowest BCUT2D eigenvalue weighted by atomic mass is 9.68. The molecule has 1 amide bonds. The maximum Gasteiger partial charge on any atom is 0.237 e. The van der Waals surface area contributed by atoms with Gasteiger partial charge in [0.15, 0.2) is 0 Å². The Balaban J connectivity index is 1.39. The molecule has 2 aromatic carbocycles. The van der Waals surface area contributed by atoms with Crippen LogP contribution in [0.3, 0.4) is 0 Å². The highest BCUT2D eigenvalue weighted by Crippen LogP contribution is 2.40. The minimum atomic E-state index is -0.195. The van der Waals surface area contributed by atoms with Crippen molar-refractivity contribution >= 4 is 5.91 Å². The van der Waals surface area contributed by atoms with E-state index in [9.17, 15) is 9.90 Å². The summed E-state index contributed by atoms with van der Waals surface area (Å²) in [5, 5.41) is 13.2. The second-order valence-electron chi connectivity index (χ2n) is 11.5. The monoisotopic (exact) mass is 493 g/mol. The minimum absolute atomic E-state index is 0.0977. The number of benzene rings is 2. The molecule has 0 radical (unpaired) electrons. The van der Waals surface area contributed by atoms with Crippen LogP contribution in [0.25, 0.3) is 0 Å². The lowest BCUT2D eigenvalue weighted by Crippen LogP contribution is -2.56. The SMILES string of the molecule is COc1cccc([C@@]2(C)CCN(C[C@@H](NC(=O)[C@H]3Cc4ccc(O)cc4CN3C)C(C)C)C[C@@H]2C)c1. The van der Waals surface area contributed by atoms with E-state index in [-0.39, 0.29) is 29.2 Å². The number of likely N-dealkylation sites (tertiary alicyclic amines) is 1. The Labute approximate surface area is 216 Å². The van der Waals surface area contributed by atoms with Crippen LogP contribution < -0.4 is 10.1 Å². The summed E-state index contributed by atoms with van der Waals surface area (Å²) in [6.45, 7) is 12.7. The summed E-state index contributed by atoms with van der Waals surface area (Å²) >= 11 is 0. The molecule has 36 heavy (non-hydrogen) atoms. The smallest absolute Gasteiger partial charge is 0.237 e. The van der Waals surface area contributed by atoms with Crippen LogP contribution in [0.4, 0.5) is 0 Å². The van der Waals surface area contributed by atoms with Gasteiger partial charge in [-0.05, 0) is 84.6 Å². The van der Waals surface area contributed by atoms with Gasteiger partial charge < -0.3 is 20.1 Å². The topological polar surface area (TPSA) is 65.0 Å². The fourth-order valence-electron chi connectivity index (χ4n) is 5.86. The molecule has 0 unspecified atom stereocenters. The van der Waals surface area contributed by atoms with Crippen molar-refractivity contribution in [1.82, 2.24) is 15.1 Å². The average molecular weight is 494 g/mol. The third-order valence-corrected chi connectivity index (χ3v) is 8.74. The number of phenols is 1. The van der Waals surface area contributed by atoms with Crippen LogP contribution in [0, 0.1) is 11.8 Å². The number of rotatable bonds is 7. The number of carbonyl (C=O) groups excluding carboxylic acids is 1. The van der Waals surface area contributed by atoms with Crippen LogP contribution in [0.5, 0.6) is 11.5 Å². The molecule has 196 valence electrons. The van der Waals surface area contributed by atoms with Crippen molar-refractivity contribution in [2.45, 2.75) is 64.6 Å². The van der Waals surface area contributed by atoms with Crippen LogP contribution >= 0.6 is 0 Å². The largest absolute Gasteiger partial charge is 0.508 e. The fraction of sp³-hybridized carbons (Fsp3) is 0.567. The summed E-state index contributed by atoms with van der Waals surface area (Å²) in [4.78, 5) is 18.0. The molecule has 0 aromatic heterocycles. The van der Waals surface area contributed by atoms with Crippen LogP contribution in [0.1, 0.15) is 50.8 Å². The van der Waals surface area contributed by atoms with E-state index in [1.165, 1.54) is 5.56 Å². The maximum atomic E-state index is 13.4. The van der Waals surface area contributed by atoms with Crippen LogP contribution in [0.15, 0.2) is 42.5 Å². The molecule has 0 saturated carbocycles. The molecule has 6 nitrogen and oxygen atoms in total. The molecule has 1 fully saturated rings.